The summed E-state index contributed by atoms with van der Waals surface area (Å²) in [6, 6.07) is 9.28. The molecule has 0 atom stereocenters. The number of rotatable bonds is 5. The zero-order chi connectivity index (χ0) is 12.4. The first-order chi connectivity index (χ1) is 8.83. The smallest absolute Gasteiger partial charge is 0.0951 e. The summed E-state index contributed by atoms with van der Waals surface area (Å²) >= 11 is 0. The Labute approximate surface area is 108 Å². The second-order valence-electron chi connectivity index (χ2n) is 5.09. The van der Waals surface area contributed by atoms with Gasteiger partial charge >= 0.3 is 0 Å². The zero-order valence-electron chi connectivity index (χ0n) is 10.8. The van der Waals surface area contributed by atoms with Crippen molar-refractivity contribution in [2.45, 2.75) is 38.9 Å². The van der Waals surface area contributed by atoms with Gasteiger partial charge in [0.2, 0.25) is 0 Å². The average molecular weight is 241 g/mol. The van der Waals surface area contributed by atoms with Gasteiger partial charge in [0.25, 0.3) is 0 Å². The van der Waals surface area contributed by atoms with Gasteiger partial charge in [-0.25, -0.2) is 4.98 Å². The van der Waals surface area contributed by atoms with E-state index in [0.717, 1.165) is 19.1 Å². The Morgan fingerprint density at radius 1 is 1.33 bits per heavy atom. The van der Waals surface area contributed by atoms with E-state index in [1.165, 1.54) is 29.7 Å². The van der Waals surface area contributed by atoms with Crippen molar-refractivity contribution in [2.24, 2.45) is 0 Å². The normalized spacial score (nSPS) is 14.9. The van der Waals surface area contributed by atoms with Gasteiger partial charge in [-0.3, -0.25) is 0 Å². The Bertz CT molecular complexity index is 526. The fourth-order valence-corrected chi connectivity index (χ4v) is 2.15. The lowest BCUT2D eigenvalue weighted by atomic mass is 10.1. The van der Waals surface area contributed by atoms with E-state index in [2.05, 4.69) is 46.1 Å². The van der Waals surface area contributed by atoms with Crippen molar-refractivity contribution in [1.82, 2.24) is 14.9 Å². The maximum atomic E-state index is 4.27. The van der Waals surface area contributed by atoms with E-state index >= 15 is 0 Å². The molecule has 3 rings (SSSR count). The van der Waals surface area contributed by atoms with Crippen LogP contribution in [0.3, 0.4) is 0 Å². The summed E-state index contributed by atoms with van der Waals surface area (Å²) in [5.74, 6) is 0. The van der Waals surface area contributed by atoms with Gasteiger partial charge < -0.3 is 9.88 Å². The van der Waals surface area contributed by atoms with Crippen molar-refractivity contribution < 1.29 is 0 Å². The van der Waals surface area contributed by atoms with Gasteiger partial charge in [-0.2, -0.15) is 0 Å². The van der Waals surface area contributed by atoms with Crippen LogP contribution in [0.1, 0.15) is 29.7 Å². The summed E-state index contributed by atoms with van der Waals surface area (Å²) < 4.78 is 2.23. The first-order valence-electron chi connectivity index (χ1n) is 6.60. The molecular weight excluding hydrogens is 222 g/mol. The van der Waals surface area contributed by atoms with Gasteiger partial charge in [-0.05, 0) is 30.9 Å². The Morgan fingerprint density at radius 3 is 2.94 bits per heavy atom. The molecule has 0 saturated heterocycles. The lowest BCUT2D eigenvalue weighted by Gasteiger charge is -2.10. The second kappa shape index (κ2) is 4.94. The van der Waals surface area contributed by atoms with Crippen LogP contribution in [-0.2, 0) is 13.1 Å². The van der Waals surface area contributed by atoms with E-state index in [-0.39, 0.29) is 0 Å². The average Bonchev–Trinajstić information content (AvgIpc) is 3.10. The predicted molar refractivity (Wildman–Crippen MR) is 72.4 cm³/mol. The summed E-state index contributed by atoms with van der Waals surface area (Å²) in [4.78, 5) is 4.27. The van der Waals surface area contributed by atoms with Gasteiger partial charge in [0.1, 0.15) is 0 Å². The highest BCUT2D eigenvalue weighted by atomic mass is 15.1. The minimum Gasteiger partial charge on any atom is -0.329 e. The van der Waals surface area contributed by atoms with Gasteiger partial charge in [0, 0.05) is 25.3 Å². The van der Waals surface area contributed by atoms with Gasteiger partial charge in [-0.15, -0.1) is 0 Å². The summed E-state index contributed by atoms with van der Waals surface area (Å²) in [6.45, 7) is 4.00. The maximum absolute atomic E-state index is 4.27. The molecule has 1 aromatic heterocycles. The fourth-order valence-electron chi connectivity index (χ4n) is 2.15. The summed E-state index contributed by atoms with van der Waals surface area (Å²) in [6.07, 6.45) is 6.54. The third-order valence-corrected chi connectivity index (χ3v) is 3.55. The molecule has 3 nitrogen and oxygen atoms in total. The number of aromatic nitrogens is 2. The Balaban J connectivity index is 1.71. The zero-order valence-corrected chi connectivity index (χ0v) is 10.8. The number of nitrogens with zero attached hydrogens (tertiary/aromatic N) is 2. The van der Waals surface area contributed by atoms with E-state index in [1.54, 1.807) is 0 Å². The molecular formula is C15H19N3. The van der Waals surface area contributed by atoms with Crippen molar-refractivity contribution in [3.05, 3.63) is 53.6 Å². The van der Waals surface area contributed by atoms with Gasteiger partial charge in [0.15, 0.2) is 0 Å². The Kier molecular flexibility index (Phi) is 3.15. The third kappa shape index (κ3) is 2.62. The molecule has 3 heteroatoms. The lowest BCUT2D eigenvalue weighted by molar-refractivity contribution is 0.633. The molecule has 1 heterocycles. The highest BCUT2D eigenvalue weighted by molar-refractivity contribution is 5.26. The van der Waals surface area contributed by atoms with Crippen molar-refractivity contribution in [2.75, 3.05) is 0 Å². The molecule has 1 fully saturated rings. The molecule has 1 saturated carbocycles. The first-order valence-corrected chi connectivity index (χ1v) is 6.60. The molecule has 0 bridgehead atoms. The standard InChI is InChI=1S/C15H19N3/c1-12-4-2-3-5-13(12)10-18-11-16-8-15(18)9-17-14-6-7-14/h2-5,8,11,14,17H,6-7,9-10H2,1H3. The van der Waals surface area contributed by atoms with Crippen molar-refractivity contribution in [3.63, 3.8) is 0 Å². The molecule has 2 aromatic rings. The van der Waals surface area contributed by atoms with Crippen molar-refractivity contribution in [3.8, 4) is 0 Å². The summed E-state index contributed by atoms with van der Waals surface area (Å²) in [5, 5.41) is 3.54. The topological polar surface area (TPSA) is 29.9 Å². The Hall–Kier alpha value is -1.61. The van der Waals surface area contributed by atoms with Crippen LogP contribution in [0.2, 0.25) is 0 Å². The quantitative estimate of drug-likeness (QED) is 0.871. The summed E-state index contributed by atoms with van der Waals surface area (Å²) in [5.41, 5.74) is 3.97. The van der Waals surface area contributed by atoms with E-state index in [9.17, 15) is 0 Å². The number of hydrogen-bond donors (Lipinski definition) is 1. The minimum atomic E-state index is 0.742. The number of hydrogen-bond acceptors (Lipinski definition) is 2. The highest BCUT2D eigenvalue weighted by Gasteiger charge is 2.20. The summed E-state index contributed by atoms with van der Waals surface area (Å²) in [7, 11) is 0. The van der Waals surface area contributed by atoms with Crippen LogP contribution < -0.4 is 5.32 Å². The van der Waals surface area contributed by atoms with Crippen LogP contribution in [0, 0.1) is 6.92 Å². The van der Waals surface area contributed by atoms with E-state index in [4.69, 9.17) is 0 Å². The van der Waals surface area contributed by atoms with Crippen LogP contribution in [0.25, 0.3) is 0 Å². The molecule has 0 radical (unpaired) electrons. The monoisotopic (exact) mass is 241 g/mol. The Morgan fingerprint density at radius 2 is 2.17 bits per heavy atom. The molecule has 1 aliphatic carbocycles. The van der Waals surface area contributed by atoms with Crippen LogP contribution in [0.4, 0.5) is 0 Å². The van der Waals surface area contributed by atoms with Gasteiger partial charge in [0.05, 0.1) is 12.0 Å². The van der Waals surface area contributed by atoms with Crippen molar-refractivity contribution in [1.29, 1.82) is 0 Å². The fraction of sp³-hybridized carbons (Fsp3) is 0.400. The predicted octanol–water partition coefficient (Wildman–Crippen LogP) is 2.49. The molecule has 0 amide bonds. The van der Waals surface area contributed by atoms with Crippen LogP contribution in [0.5, 0.6) is 0 Å². The molecule has 1 N–H and O–H groups in total. The third-order valence-electron chi connectivity index (χ3n) is 3.55. The van der Waals surface area contributed by atoms with E-state index in [0.29, 0.717) is 0 Å². The number of imidazole rings is 1. The van der Waals surface area contributed by atoms with E-state index < -0.39 is 0 Å². The molecule has 0 spiro atoms. The molecule has 0 unspecified atom stereocenters. The lowest BCUT2D eigenvalue weighted by Crippen LogP contribution is -2.18. The maximum Gasteiger partial charge on any atom is 0.0951 e. The number of benzene rings is 1. The largest absolute Gasteiger partial charge is 0.329 e. The molecule has 1 aliphatic rings. The van der Waals surface area contributed by atoms with Gasteiger partial charge in [-0.1, -0.05) is 24.3 Å². The highest BCUT2D eigenvalue weighted by Crippen LogP contribution is 2.19. The van der Waals surface area contributed by atoms with Crippen LogP contribution in [-0.4, -0.2) is 15.6 Å². The number of nitrogens with one attached hydrogen (secondary N) is 1. The molecule has 0 aliphatic heterocycles. The van der Waals surface area contributed by atoms with E-state index in [1.807, 2.05) is 12.5 Å². The molecule has 18 heavy (non-hydrogen) atoms. The number of aryl methyl sites for hydroxylation is 1. The van der Waals surface area contributed by atoms with Crippen LogP contribution in [0.15, 0.2) is 36.8 Å². The molecule has 94 valence electrons. The minimum absolute atomic E-state index is 0.742. The first kappa shape index (κ1) is 11.5. The second-order valence-corrected chi connectivity index (χ2v) is 5.09. The SMILES string of the molecule is Cc1ccccc1Cn1cncc1CNC1CC1. The molecule has 1 aromatic carbocycles. The van der Waals surface area contributed by atoms with Crippen LogP contribution >= 0.6 is 0 Å². The van der Waals surface area contributed by atoms with Crippen molar-refractivity contribution >= 4 is 0 Å².